The molecule has 0 saturated carbocycles. The van der Waals surface area contributed by atoms with Gasteiger partial charge in [-0.2, -0.15) is 0 Å². The van der Waals surface area contributed by atoms with Gasteiger partial charge in [0.25, 0.3) is 0 Å². The molecule has 130 valence electrons. The van der Waals surface area contributed by atoms with Crippen LogP contribution in [-0.4, -0.2) is 36.4 Å². The zero-order chi connectivity index (χ0) is 16.9. The first-order valence-corrected chi connectivity index (χ1v) is 8.89. The van der Waals surface area contributed by atoms with Gasteiger partial charge in [0.2, 0.25) is 5.91 Å². The van der Waals surface area contributed by atoms with Gasteiger partial charge < -0.3 is 15.4 Å². The number of rotatable bonds is 7. The summed E-state index contributed by atoms with van der Waals surface area (Å²) in [6.45, 7) is 2.02. The third-order valence-electron chi connectivity index (χ3n) is 4.90. The molecule has 5 nitrogen and oxygen atoms in total. The van der Waals surface area contributed by atoms with E-state index in [1.807, 2.05) is 12.1 Å². The van der Waals surface area contributed by atoms with Crippen molar-refractivity contribution >= 4 is 11.7 Å². The van der Waals surface area contributed by atoms with Crippen LogP contribution >= 0.6 is 0 Å². The van der Waals surface area contributed by atoms with Crippen molar-refractivity contribution < 1.29 is 14.3 Å². The third-order valence-corrected chi connectivity index (χ3v) is 4.90. The predicted octanol–water partition coefficient (Wildman–Crippen LogP) is 2.45. The molecular formula is C19H26N2O3. The Balaban J connectivity index is 1.35. The Bertz CT molecular complexity index is 590. The minimum atomic E-state index is 0.0239. The molecule has 2 atom stereocenters. The van der Waals surface area contributed by atoms with Crippen molar-refractivity contribution in [2.24, 2.45) is 0 Å². The first-order chi connectivity index (χ1) is 11.6. The van der Waals surface area contributed by atoms with Crippen molar-refractivity contribution in [3.63, 3.8) is 0 Å². The number of carbonyl (C=O) groups is 2. The average Bonchev–Trinajstić information content (AvgIpc) is 2.90. The van der Waals surface area contributed by atoms with Crippen LogP contribution in [0.4, 0.5) is 0 Å². The molecule has 1 amide bonds. The van der Waals surface area contributed by atoms with Crippen molar-refractivity contribution in [1.82, 2.24) is 10.6 Å². The van der Waals surface area contributed by atoms with Crippen molar-refractivity contribution in [1.29, 1.82) is 0 Å². The number of hydrogen-bond acceptors (Lipinski definition) is 4. The van der Waals surface area contributed by atoms with Gasteiger partial charge in [0.05, 0.1) is 6.61 Å². The lowest BCUT2D eigenvalue weighted by molar-refractivity contribution is -0.122. The molecule has 2 heterocycles. The summed E-state index contributed by atoms with van der Waals surface area (Å²) in [6, 6.07) is 8.66. The average molecular weight is 330 g/mol. The lowest BCUT2D eigenvalue weighted by Crippen LogP contribution is -2.48. The summed E-state index contributed by atoms with van der Waals surface area (Å²) in [5.41, 5.74) is 0.644. The van der Waals surface area contributed by atoms with Gasteiger partial charge in [0.1, 0.15) is 5.75 Å². The zero-order valence-electron chi connectivity index (χ0n) is 14.2. The Kier molecular flexibility index (Phi) is 5.51. The molecule has 2 aliphatic rings. The SMILES string of the molecule is CC(=O)c1cccc(OCCCC(=O)NC2CC3CCC(C2)N3)c1. The lowest BCUT2D eigenvalue weighted by atomic mass is 9.99. The maximum atomic E-state index is 12.1. The van der Waals surface area contributed by atoms with Crippen LogP contribution in [-0.2, 0) is 4.79 Å². The molecule has 2 fully saturated rings. The molecule has 0 radical (unpaired) electrons. The standard InChI is InChI=1S/C19H26N2O3/c1-13(22)14-4-2-5-18(10-14)24-9-3-6-19(23)21-17-11-15-7-8-16(12-17)20-15/h2,4-5,10,15-17,20H,3,6-9,11-12H2,1H3,(H,21,23). The number of nitrogens with one attached hydrogen (secondary N) is 2. The van der Waals surface area contributed by atoms with Gasteiger partial charge in [-0.25, -0.2) is 0 Å². The Morgan fingerprint density at radius 1 is 1.25 bits per heavy atom. The quantitative estimate of drug-likeness (QED) is 0.595. The van der Waals surface area contributed by atoms with Crippen LogP contribution in [0, 0.1) is 0 Å². The highest BCUT2D eigenvalue weighted by molar-refractivity contribution is 5.94. The van der Waals surface area contributed by atoms with Crippen LogP contribution in [0.5, 0.6) is 5.75 Å². The Hall–Kier alpha value is -1.88. The van der Waals surface area contributed by atoms with Gasteiger partial charge in [-0.15, -0.1) is 0 Å². The summed E-state index contributed by atoms with van der Waals surface area (Å²) >= 11 is 0. The van der Waals surface area contributed by atoms with E-state index in [2.05, 4.69) is 10.6 Å². The van der Waals surface area contributed by atoms with Crippen molar-refractivity contribution in [3.8, 4) is 5.75 Å². The molecule has 1 aromatic carbocycles. The predicted molar refractivity (Wildman–Crippen MR) is 92.3 cm³/mol. The fourth-order valence-corrected chi connectivity index (χ4v) is 3.70. The van der Waals surface area contributed by atoms with Crippen LogP contribution in [0.15, 0.2) is 24.3 Å². The highest BCUT2D eigenvalue weighted by Gasteiger charge is 2.33. The second-order valence-electron chi connectivity index (χ2n) is 6.91. The Morgan fingerprint density at radius 2 is 2.00 bits per heavy atom. The van der Waals surface area contributed by atoms with E-state index in [-0.39, 0.29) is 11.7 Å². The maximum Gasteiger partial charge on any atom is 0.220 e. The summed E-state index contributed by atoms with van der Waals surface area (Å²) < 4.78 is 5.64. The first kappa shape index (κ1) is 17.0. The lowest BCUT2D eigenvalue weighted by Gasteiger charge is -2.29. The fourth-order valence-electron chi connectivity index (χ4n) is 3.70. The van der Waals surface area contributed by atoms with E-state index in [1.165, 1.54) is 19.8 Å². The molecule has 0 aromatic heterocycles. The molecule has 5 heteroatoms. The fraction of sp³-hybridized carbons (Fsp3) is 0.579. The van der Waals surface area contributed by atoms with Gasteiger partial charge in [0, 0.05) is 30.1 Å². The minimum Gasteiger partial charge on any atom is -0.494 e. The summed E-state index contributed by atoms with van der Waals surface area (Å²) in [4.78, 5) is 23.4. The number of ketones is 1. The summed E-state index contributed by atoms with van der Waals surface area (Å²) in [7, 11) is 0. The van der Waals surface area contributed by atoms with E-state index >= 15 is 0 Å². The Morgan fingerprint density at radius 3 is 2.71 bits per heavy atom. The Labute approximate surface area is 143 Å². The number of amides is 1. The van der Waals surface area contributed by atoms with Crippen LogP contribution < -0.4 is 15.4 Å². The summed E-state index contributed by atoms with van der Waals surface area (Å²) in [6.07, 6.45) is 5.74. The highest BCUT2D eigenvalue weighted by Crippen LogP contribution is 2.26. The first-order valence-electron chi connectivity index (χ1n) is 8.89. The highest BCUT2D eigenvalue weighted by atomic mass is 16.5. The van der Waals surface area contributed by atoms with E-state index in [1.54, 1.807) is 12.1 Å². The van der Waals surface area contributed by atoms with Gasteiger partial charge >= 0.3 is 0 Å². The second kappa shape index (κ2) is 7.79. The zero-order valence-corrected chi connectivity index (χ0v) is 14.2. The van der Waals surface area contributed by atoms with Gasteiger partial charge in [0.15, 0.2) is 5.78 Å². The topological polar surface area (TPSA) is 67.4 Å². The molecule has 2 unspecified atom stereocenters. The smallest absolute Gasteiger partial charge is 0.220 e. The van der Waals surface area contributed by atoms with Crippen molar-refractivity contribution in [2.45, 2.75) is 63.6 Å². The van der Waals surface area contributed by atoms with Crippen LogP contribution in [0.2, 0.25) is 0 Å². The molecule has 3 rings (SSSR count). The molecule has 2 bridgehead atoms. The van der Waals surface area contributed by atoms with Gasteiger partial charge in [-0.1, -0.05) is 12.1 Å². The normalized spacial score (nSPS) is 25.3. The summed E-state index contributed by atoms with van der Waals surface area (Å²) in [5, 5.41) is 6.74. The van der Waals surface area contributed by atoms with E-state index in [4.69, 9.17) is 4.74 Å². The second-order valence-corrected chi connectivity index (χ2v) is 6.91. The minimum absolute atomic E-state index is 0.0239. The number of hydrogen-bond donors (Lipinski definition) is 2. The number of fused-ring (bicyclic) bond motifs is 2. The van der Waals surface area contributed by atoms with E-state index < -0.39 is 0 Å². The number of ether oxygens (including phenoxy) is 1. The summed E-state index contributed by atoms with van der Waals surface area (Å²) in [5.74, 6) is 0.816. The molecular weight excluding hydrogens is 304 g/mol. The number of piperidine rings is 1. The van der Waals surface area contributed by atoms with E-state index in [0.29, 0.717) is 48.9 Å². The number of Topliss-reactive ketones (excluding diaryl/α,β-unsaturated/α-hetero) is 1. The maximum absolute atomic E-state index is 12.1. The number of carbonyl (C=O) groups excluding carboxylic acids is 2. The molecule has 2 N–H and O–H groups in total. The molecule has 2 saturated heterocycles. The van der Waals surface area contributed by atoms with E-state index in [9.17, 15) is 9.59 Å². The molecule has 0 aliphatic carbocycles. The van der Waals surface area contributed by atoms with Crippen LogP contribution in [0.1, 0.15) is 55.8 Å². The van der Waals surface area contributed by atoms with Crippen molar-refractivity contribution in [3.05, 3.63) is 29.8 Å². The third kappa shape index (κ3) is 4.57. The molecule has 24 heavy (non-hydrogen) atoms. The molecule has 0 spiro atoms. The molecule has 1 aromatic rings. The monoisotopic (exact) mass is 330 g/mol. The van der Waals surface area contributed by atoms with Crippen molar-refractivity contribution in [2.75, 3.05) is 6.61 Å². The van der Waals surface area contributed by atoms with Crippen LogP contribution in [0.3, 0.4) is 0 Å². The van der Waals surface area contributed by atoms with E-state index in [0.717, 1.165) is 12.8 Å². The van der Waals surface area contributed by atoms with Gasteiger partial charge in [-0.3, -0.25) is 9.59 Å². The van der Waals surface area contributed by atoms with Gasteiger partial charge in [-0.05, 0) is 51.2 Å². The number of benzene rings is 1. The largest absolute Gasteiger partial charge is 0.494 e. The van der Waals surface area contributed by atoms with Crippen LogP contribution in [0.25, 0.3) is 0 Å². The molecule has 2 aliphatic heterocycles.